The first kappa shape index (κ1) is 10.8. The molecule has 17 heavy (non-hydrogen) atoms. The van der Waals surface area contributed by atoms with Gasteiger partial charge in [0.2, 0.25) is 0 Å². The number of nitrogens with two attached hydrogens (primary N) is 1. The molecule has 1 aromatic heterocycles. The molecule has 90 valence electrons. The predicted molar refractivity (Wildman–Crippen MR) is 68.7 cm³/mol. The summed E-state index contributed by atoms with van der Waals surface area (Å²) in [7, 11) is 0. The van der Waals surface area contributed by atoms with Gasteiger partial charge in [-0.15, -0.1) is 0 Å². The van der Waals surface area contributed by atoms with Gasteiger partial charge >= 0.3 is 0 Å². The van der Waals surface area contributed by atoms with Crippen LogP contribution >= 0.6 is 0 Å². The molecule has 0 aliphatic heterocycles. The Hall–Kier alpha value is -1.32. The van der Waals surface area contributed by atoms with Gasteiger partial charge in [-0.05, 0) is 42.9 Å². The first-order chi connectivity index (χ1) is 8.22. The van der Waals surface area contributed by atoms with Crippen molar-refractivity contribution in [1.82, 2.24) is 4.98 Å². The molecule has 4 N–H and O–H groups in total. The van der Waals surface area contributed by atoms with E-state index in [2.05, 4.69) is 29.4 Å². The van der Waals surface area contributed by atoms with Crippen molar-refractivity contribution in [3.63, 3.8) is 0 Å². The van der Waals surface area contributed by atoms with Crippen LogP contribution in [0.15, 0.2) is 30.5 Å². The number of fused-ring (bicyclic) bond motifs is 1. The van der Waals surface area contributed by atoms with Crippen LogP contribution in [0.3, 0.4) is 0 Å². The first-order valence-electron chi connectivity index (χ1n) is 6.16. The molecular weight excluding hydrogens is 212 g/mol. The fourth-order valence-electron chi connectivity index (χ4n) is 3.00. The van der Waals surface area contributed by atoms with Gasteiger partial charge in [0.1, 0.15) is 0 Å². The highest BCUT2D eigenvalue weighted by molar-refractivity contribution is 5.83. The maximum absolute atomic E-state index is 9.49. The maximum atomic E-state index is 9.49. The Balaban J connectivity index is 1.90. The van der Waals surface area contributed by atoms with Crippen molar-refractivity contribution < 1.29 is 5.11 Å². The van der Waals surface area contributed by atoms with E-state index in [0.717, 1.165) is 19.3 Å². The number of aromatic nitrogens is 1. The number of H-pyrrole nitrogens is 1. The molecule has 0 atom stereocenters. The van der Waals surface area contributed by atoms with Crippen LogP contribution in [0, 0.1) is 5.41 Å². The number of rotatable bonds is 3. The lowest BCUT2D eigenvalue weighted by atomic mass is 9.63. The molecule has 0 spiro atoms. The second kappa shape index (κ2) is 3.86. The zero-order valence-electron chi connectivity index (χ0n) is 9.82. The molecule has 1 fully saturated rings. The van der Waals surface area contributed by atoms with Crippen LogP contribution in [0.2, 0.25) is 0 Å². The summed E-state index contributed by atoms with van der Waals surface area (Å²) in [5, 5.41) is 10.8. The van der Waals surface area contributed by atoms with Crippen molar-refractivity contribution in [2.45, 2.75) is 25.4 Å². The zero-order valence-corrected chi connectivity index (χ0v) is 9.82. The fraction of sp³-hybridized carbons (Fsp3) is 0.429. The topological polar surface area (TPSA) is 62.0 Å². The minimum absolute atomic E-state index is 0.115. The summed E-state index contributed by atoms with van der Waals surface area (Å²) < 4.78 is 0. The van der Waals surface area contributed by atoms with Gasteiger partial charge in [-0.3, -0.25) is 0 Å². The van der Waals surface area contributed by atoms with Crippen LogP contribution in [0.25, 0.3) is 10.9 Å². The van der Waals surface area contributed by atoms with Crippen LogP contribution in [0.4, 0.5) is 0 Å². The fourth-order valence-corrected chi connectivity index (χ4v) is 3.00. The second-order valence-corrected chi connectivity index (χ2v) is 5.30. The van der Waals surface area contributed by atoms with Gasteiger partial charge in [-0.2, -0.15) is 0 Å². The third kappa shape index (κ3) is 1.75. The number of aliphatic hydroxyl groups is 1. The van der Waals surface area contributed by atoms with Gasteiger partial charge in [0.05, 0.1) is 6.10 Å². The summed E-state index contributed by atoms with van der Waals surface area (Å²) in [6.45, 7) is 0.656. The van der Waals surface area contributed by atoms with Gasteiger partial charge in [-0.1, -0.05) is 18.2 Å². The van der Waals surface area contributed by atoms with E-state index in [1.54, 1.807) is 0 Å². The molecule has 2 aromatic rings. The van der Waals surface area contributed by atoms with E-state index in [0.29, 0.717) is 6.54 Å². The zero-order chi connectivity index (χ0) is 11.9. The molecule has 0 radical (unpaired) electrons. The molecule has 1 saturated carbocycles. The Labute approximate surface area is 101 Å². The van der Waals surface area contributed by atoms with Crippen molar-refractivity contribution in [2.75, 3.05) is 6.54 Å². The SMILES string of the molecule is NCC1(Cc2c[nH]c3ccccc23)CC(O)C1. The number of aromatic amines is 1. The monoisotopic (exact) mass is 230 g/mol. The van der Waals surface area contributed by atoms with Gasteiger partial charge in [0.25, 0.3) is 0 Å². The highest BCUT2D eigenvalue weighted by atomic mass is 16.3. The Morgan fingerprint density at radius 2 is 2.12 bits per heavy atom. The van der Waals surface area contributed by atoms with E-state index < -0.39 is 0 Å². The van der Waals surface area contributed by atoms with Crippen molar-refractivity contribution in [2.24, 2.45) is 11.1 Å². The van der Waals surface area contributed by atoms with E-state index in [9.17, 15) is 5.11 Å². The molecule has 3 rings (SSSR count). The number of aliphatic hydroxyl groups excluding tert-OH is 1. The molecule has 0 unspecified atom stereocenters. The Bertz CT molecular complexity index is 526. The summed E-state index contributed by atoms with van der Waals surface area (Å²) >= 11 is 0. The van der Waals surface area contributed by atoms with Crippen molar-refractivity contribution >= 4 is 10.9 Å². The third-order valence-corrected chi connectivity index (χ3v) is 4.01. The van der Waals surface area contributed by atoms with Crippen molar-refractivity contribution in [1.29, 1.82) is 0 Å². The van der Waals surface area contributed by atoms with Gasteiger partial charge in [0, 0.05) is 17.1 Å². The first-order valence-corrected chi connectivity index (χ1v) is 6.16. The molecule has 1 aliphatic carbocycles. The average molecular weight is 230 g/mol. The van der Waals surface area contributed by atoms with Gasteiger partial charge in [-0.25, -0.2) is 0 Å². The lowest BCUT2D eigenvalue weighted by molar-refractivity contribution is -0.0257. The summed E-state index contributed by atoms with van der Waals surface area (Å²) in [5.74, 6) is 0. The number of hydrogen-bond acceptors (Lipinski definition) is 2. The number of hydrogen-bond donors (Lipinski definition) is 3. The largest absolute Gasteiger partial charge is 0.393 e. The van der Waals surface area contributed by atoms with Crippen LogP contribution < -0.4 is 5.73 Å². The highest BCUT2D eigenvalue weighted by Gasteiger charge is 2.42. The lowest BCUT2D eigenvalue weighted by Gasteiger charge is -2.44. The molecule has 1 heterocycles. The van der Waals surface area contributed by atoms with E-state index in [1.807, 2.05) is 6.07 Å². The van der Waals surface area contributed by atoms with E-state index in [4.69, 9.17) is 5.73 Å². The smallest absolute Gasteiger partial charge is 0.0552 e. The minimum Gasteiger partial charge on any atom is -0.393 e. The summed E-state index contributed by atoms with van der Waals surface area (Å²) in [6.07, 6.45) is 4.56. The van der Waals surface area contributed by atoms with E-state index in [-0.39, 0.29) is 11.5 Å². The summed E-state index contributed by atoms with van der Waals surface area (Å²) in [6, 6.07) is 8.32. The van der Waals surface area contributed by atoms with Crippen LogP contribution in [0.5, 0.6) is 0 Å². The average Bonchev–Trinajstić information content (AvgIpc) is 2.70. The predicted octanol–water partition coefficient (Wildman–Crippen LogP) is 1.81. The summed E-state index contributed by atoms with van der Waals surface area (Å²) in [4.78, 5) is 3.29. The number of benzene rings is 1. The van der Waals surface area contributed by atoms with Crippen molar-refractivity contribution in [3.05, 3.63) is 36.0 Å². The van der Waals surface area contributed by atoms with Gasteiger partial charge in [0.15, 0.2) is 0 Å². The lowest BCUT2D eigenvalue weighted by Crippen LogP contribution is -2.47. The Morgan fingerprint density at radius 3 is 2.82 bits per heavy atom. The molecule has 0 amide bonds. The van der Waals surface area contributed by atoms with Crippen LogP contribution in [-0.4, -0.2) is 22.7 Å². The van der Waals surface area contributed by atoms with Crippen LogP contribution in [-0.2, 0) is 6.42 Å². The van der Waals surface area contributed by atoms with Crippen LogP contribution in [0.1, 0.15) is 18.4 Å². The molecule has 0 bridgehead atoms. The normalized spacial score (nSPS) is 28.2. The number of nitrogens with one attached hydrogen (secondary N) is 1. The van der Waals surface area contributed by atoms with E-state index >= 15 is 0 Å². The molecule has 3 heteroatoms. The molecule has 3 nitrogen and oxygen atoms in total. The molecular formula is C14H18N2O. The summed E-state index contributed by atoms with van der Waals surface area (Å²) in [5.41, 5.74) is 8.48. The molecule has 1 aliphatic rings. The number of para-hydroxylation sites is 1. The maximum Gasteiger partial charge on any atom is 0.0552 e. The van der Waals surface area contributed by atoms with E-state index in [1.165, 1.54) is 16.5 Å². The molecule has 1 aromatic carbocycles. The standard InChI is InChI=1S/C14H18N2O/c15-9-14(6-11(17)7-14)5-10-8-16-13-4-2-1-3-12(10)13/h1-4,8,11,16-17H,5-7,9,15H2. The second-order valence-electron chi connectivity index (χ2n) is 5.30. The minimum atomic E-state index is -0.149. The van der Waals surface area contributed by atoms with Crippen molar-refractivity contribution in [3.8, 4) is 0 Å². The quantitative estimate of drug-likeness (QED) is 0.753. The third-order valence-electron chi connectivity index (χ3n) is 4.01. The van der Waals surface area contributed by atoms with Gasteiger partial charge < -0.3 is 15.8 Å². The Morgan fingerprint density at radius 1 is 1.35 bits per heavy atom. The molecule has 0 saturated heterocycles. The Kier molecular flexibility index (Phi) is 2.45. The highest BCUT2D eigenvalue weighted by Crippen LogP contribution is 2.43.